The molecule has 1 heterocycles. The van der Waals surface area contributed by atoms with E-state index in [1.54, 1.807) is 7.11 Å². The van der Waals surface area contributed by atoms with Crippen molar-refractivity contribution in [2.45, 2.75) is 6.92 Å². The fourth-order valence-corrected chi connectivity index (χ4v) is 1.02. The average Bonchev–Trinajstić information content (AvgIpc) is 2.14. The first kappa shape index (κ1) is 10.2. The monoisotopic (exact) mass is 201 g/mol. The quantitative estimate of drug-likeness (QED) is 0.691. The molecule has 0 radical (unpaired) electrons. The van der Waals surface area contributed by atoms with Crippen molar-refractivity contribution < 1.29 is 4.74 Å². The van der Waals surface area contributed by atoms with Gasteiger partial charge in [0.15, 0.2) is 0 Å². The Bertz CT molecular complexity index is 269. The van der Waals surface area contributed by atoms with Gasteiger partial charge in [-0.2, -0.15) is 0 Å². The Hall–Kier alpha value is -0.870. The summed E-state index contributed by atoms with van der Waals surface area (Å²) in [6.45, 7) is 3.08. The van der Waals surface area contributed by atoms with Gasteiger partial charge < -0.3 is 4.74 Å². The summed E-state index contributed by atoms with van der Waals surface area (Å²) in [6, 6.07) is 1.82. The van der Waals surface area contributed by atoms with Crippen LogP contribution in [0.2, 0.25) is 0 Å². The third kappa shape index (κ3) is 3.16. The predicted molar refractivity (Wildman–Crippen MR) is 51.8 cm³/mol. The first-order valence-corrected chi connectivity index (χ1v) is 4.28. The molecule has 0 aromatic carbocycles. The summed E-state index contributed by atoms with van der Waals surface area (Å²) in [6.07, 6.45) is 1.49. The van der Waals surface area contributed by atoms with Gasteiger partial charge >= 0.3 is 0 Å². The lowest BCUT2D eigenvalue weighted by Gasteiger charge is -2.13. The zero-order valence-corrected chi connectivity index (χ0v) is 8.45. The number of methoxy groups -OCH3 is 1. The van der Waals surface area contributed by atoms with Crippen molar-refractivity contribution in [2.24, 2.45) is 0 Å². The van der Waals surface area contributed by atoms with Gasteiger partial charge in [0.05, 0.1) is 13.2 Å². The molecule has 0 atom stereocenters. The second-order valence-corrected chi connectivity index (χ2v) is 3.00. The summed E-state index contributed by atoms with van der Waals surface area (Å²) in [5.74, 6) is 0.700. The number of ether oxygens (including phenoxy) is 1. The van der Waals surface area contributed by atoms with Crippen molar-refractivity contribution in [2.75, 3.05) is 24.7 Å². The van der Waals surface area contributed by atoms with Crippen LogP contribution in [0.5, 0.6) is 0 Å². The highest BCUT2D eigenvalue weighted by atomic mass is 35.5. The lowest BCUT2D eigenvalue weighted by molar-refractivity contribution is 0.208. The first-order valence-electron chi connectivity index (χ1n) is 3.95. The lowest BCUT2D eigenvalue weighted by Crippen LogP contribution is -2.17. The summed E-state index contributed by atoms with van der Waals surface area (Å²) in [7, 11) is 1.63. The molecule has 0 aliphatic heterocycles. The van der Waals surface area contributed by atoms with Crippen molar-refractivity contribution >= 4 is 17.6 Å². The second-order valence-electron chi connectivity index (χ2n) is 2.60. The largest absolute Gasteiger partial charge is 0.383 e. The molecule has 0 bridgehead atoms. The van der Waals surface area contributed by atoms with Crippen LogP contribution in [0.1, 0.15) is 5.69 Å². The van der Waals surface area contributed by atoms with Crippen LogP contribution in [0.4, 0.5) is 5.82 Å². The number of aryl methyl sites for hydroxylation is 1. The van der Waals surface area contributed by atoms with Gasteiger partial charge in [0, 0.05) is 30.6 Å². The van der Waals surface area contributed by atoms with Crippen molar-refractivity contribution in [3.63, 3.8) is 0 Å². The van der Waals surface area contributed by atoms with Gasteiger partial charge in [0.25, 0.3) is 0 Å². The Morgan fingerprint density at radius 3 is 2.92 bits per heavy atom. The maximum atomic E-state index is 5.92. The molecular formula is C8H12ClN3O. The van der Waals surface area contributed by atoms with Gasteiger partial charge in [-0.1, -0.05) is 0 Å². The third-order valence-corrected chi connectivity index (χ3v) is 1.87. The van der Waals surface area contributed by atoms with Crippen molar-refractivity contribution in [3.8, 4) is 0 Å². The smallest absolute Gasteiger partial charge is 0.146 e. The molecule has 0 fully saturated rings. The van der Waals surface area contributed by atoms with Gasteiger partial charge in [-0.25, -0.2) is 9.97 Å². The Morgan fingerprint density at radius 2 is 2.31 bits per heavy atom. The maximum absolute atomic E-state index is 5.92. The zero-order chi connectivity index (χ0) is 9.68. The third-order valence-electron chi connectivity index (χ3n) is 1.53. The van der Waals surface area contributed by atoms with Gasteiger partial charge in [-0.3, -0.25) is 4.42 Å². The van der Waals surface area contributed by atoms with Crippen LogP contribution in [-0.4, -0.2) is 30.2 Å². The van der Waals surface area contributed by atoms with Gasteiger partial charge in [-0.15, -0.1) is 0 Å². The van der Waals surface area contributed by atoms with Crippen LogP contribution in [0.25, 0.3) is 0 Å². The van der Waals surface area contributed by atoms with Crippen molar-refractivity contribution in [3.05, 3.63) is 18.1 Å². The number of halogens is 1. The Morgan fingerprint density at radius 1 is 1.54 bits per heavy atom. The van der Waals surface area contributed by atoms with Crippen molar-refractivity contribution in [1.29, 1.82) is 0 Å². The van der Waals surface area contributed by atoms with E-state index < -0.39 is 0 Å². The number of anilines is 1. The fourth-order valence-electron chi connectivity index (χ4n) is 0.859. The number of nitrogens with zero attached hydrogens (tertiary/aromatic N) is 3. The minimum absolute atomic E-state index is 0.576. The number of hydrogen-bond donors (Lipinski definition) is 0. The molecular weight excluding hydrogens is 190 g/mol. The van der Waals surface area contributed by atoms with E-state index in [0.29, 0.717) is 19.0 Å². The van der Waals surface area contributed by atoms with Crippen LogP contribution in [0, 0.1) is 6.92 Å². The maximum Gasteiger partial charge on any atom is 0.146 e. The molecule has 0 saturated heterocycles. The molecule has 0 amide bonds. The average molecular weight is 202 g/mol. The second kappa shape index (κ2) is 4.99. The van der Waals surface area contributed by atoms with E-state index in [1.165, 1.54) is 10.7 Å². The molecule has 1 aromatic rings. The molecule has 0 unspecified atom stereocenters. The predicted octanol–water partition coefficient (Wildman–Crippen LogP) is 1.39. The van der Waals surface area contributed by atoms with Crippen LogP contribution >= 0.6 is 11.8 Å². The lowest BCUT2D eigenvalue weighted by atomic mass is 10.4. The van der Waals surface area contributed by atoms with Crippen LogP contribution < -0.4 is 4.42 Å². The van der Waals surface area contributed by atoms with Crippen LogP contribution in [0.3, 0.4) is 0 Å². The van der Waals surface area contributed by atoms with E-state index >= 15 is 0 Å². The minimum Gasteiger partial charge on any atom is -0.383 e. The van der Waals surface area contributed by atoms with E-state index in [2.05, 4.69) is 9.97 Å². The summed E-state index contributed by atoms with van der Waals surface area (Å²) in [4.78, 5) is 7.99. The molecule has 1 rings (SSSR count). The number of hydrogen-bond acceptors (Lipinski definition) is 4. The highest BCUT2D eigenvalue weighted by Crippen LogP contribution is 2.12. The molecule has 1 aromatic heterocycles. The SMILES string of the molecule is COCCN(Cl)c1cc(C)ncn1. The Balaban J connectivity index is 2.60. The van der Waals surface area contributed by atoms with Gasteiger partial charge in [0.1, 0.15) is 12.1 Å². The summed E-state index contributed by atoms with van der Waals surface area (Å²) in [5.41, 5.74) is 0.896. The van der Waals surface area contributed by atoms with Crippen LogP contribution in [-0.2, 0) is 4.74 Å². The van der Waals surface area contributed by atoms with E-state index in [4.69, 9.17) is 16.5 Å². The first-order chi connectivity index (χ1) is 6.24. The topological polar surface area (TPSA) is 38.2 Å². The standard InChI is InChI=1S/C8H12ClN3O/c1-7-5-8(11-6-10-7)12(9)3-4-13-2/h5-6H,3-4H2,1-2H3. The molecule has 72 valence electrons. The molecule has 0 N–H and O–H groups in total. The molecule has 0 spiro atoms. The van der Waals surface area contributed by atoms with E-state index in [1.807, 2.05) is 13.0 Å². The summed E-state index contributed by atoms with van der Waals surface area (Å²) < 4.78 is 6.41. The number of aromatic nitrogens is 2. The zero-order valence-electron chi connectivity index (χ0n) is 7.70. The van der Waals surface area contributed by atoms with Gasteiger partial charge in [-0.05, 0) is 6.92 Å². The Labute approximate surface area is 82.6 Å². The summed E-state index contributed by atoms with van der Waals surface area (Å²) in [5, 5.41) is 0. The molecule has 0 aliphatic carbocycles. The summed E-state index contributed by atoms with van der Waals surface area (Å²) >= 11 is 5.92. The fraction of sp³-hybridized carbons (Fsp3) is 0.500. The molecule has 5 heteroatoms. The Kier molecular flexibility index (Phi) is 3.92. The molecule has 4 nitrogen and oxygen atoms in total. The molecule has 0 aliphatic rings. The molecule has 13 heavy (non-hydrogen) atoms. The highest BCUT2D eigenvalue weighted by molar-refractivity contribution is 6.25. The number of rotatable bonds is 4. The minimum atomic E-state index is 0.576. The van der Waals surface area contributed by atoms with E-state index in [0.717, 1.165) is 5.69 Å². The van der Waals surface area contributed by atoms with Crippen molar-refractivity contribution in [1.82, 2.24) is 9.97 Å². The van der Waals surface area contributed by atoms with E-state index in [-0.39, 0.29) is 0 Å². The highest BCUT2D eigenvalue weighted by Gasteiger charge is 2.03. The molecule has 0 saturated carbocycles. The van der Waals surface area contributed by atoms with E-state index in [9.17, 15) is 0 Å². The van der Waals surface area contributed by atoms with Gasteiger partial charge in [0.2, 0.25) is 0 Å². The van der Waals surface area contributed by atoms with Crippen LogP contribution in [0.15, 0.2) is 12.4 Å². The normalized spacial score (nSPS) is 10.1.